The lowest BCUT2D eigenvalue weighted by atomic mass is 10.1. The van der Waals surface area contributed by atoms with Crippen molar-refractivity contribution in [2.45, 2.75) is 45.8 Å². The highest BCUT2D eigenvalue weighted by atomic mass is 35.5. The number of halogens is 1. The number of carbonyl (C=O) groups is 1. The summed E-state index contributed by atoms with van der Waals surface area (Å²) in [5.41, 5.74) is 2.11. The van der Waals surface area contributed by atoms with Gasteiger partial charge in [0.2, 0.25) is 5.91 Å². The van der Waals surface area contributed by atoms with E-state index in [1.54, 1.807) is 0 Å². The van der Waals surface area contributed by atoms with Gasteiger partial charge in [0.05, 0.1) is 10.7 Å². The highest BCUT2D eigenvalue weighted by Gasteiger charge is 2.29. The van der Waals surface area contributed by atoms with E-state index < -0.39 is 0 Å². The zero-order chi connectivity index (χ0) is 15.4. The van der Waals surface area contributed by atoms with Gasteiger partial charge in [-0.1, -0.05) is 38.4 Å². The highest BCUT2D eigenvalue weighted by Crippen LogP contribution is 2.30. The molecule has 1 fully saturated rings. The summed E-state index contributed by atoms with van der Waals surface area (Å²) in [6, 6.07) is 6.41. The monoisotopic (exact) mass is 309 g/mol. The first-order valence-electron chi connectivity index (χ1n) is 7.59. The summed E-state index contributed by atoms with van der Waals surface area (Å²) < 4.78 is 0. The fraction of sp³-hybridized carbons (Fsp3) is 0.562. The van der Waals surface area contributed by atoms with Crippen molar-refractivity contribution in [1.29, 1.82) is 0 Å². The second kappa shape index (κ2) is 7.14. The molecule has 5 heteroatoms. The van der Waals surface area contributed by atoms with Crippen LogP contribution in [0, 0.1) is 0 Å². The molecule has 1 heterocycles. The molecule has 116 valence electrons. The normalized spacial score (nSPS) is 19.0. The Kier molecular flexibility index (Phi) is 5.48. The molecule has 1 unspecified atom stereocenters. The predicted molar refractivity (Wildman–Crippen MR) is 87.9 cm³/mol. The Morgan fingerprint density at radius 2 is 2.24 bits per heavy atom. The van der Waals surface area contributed by atoms with Crippen LogP contribution in [0.4, 0.5) is 5.69 Å². The second-order valence-electron chi connectivity index (χ2n) is 5.73. The molecule has 1 aromatic rings. The van der Waals surface area contributed by atoms with Crippen LogP contribution in [-0.2, 0) is 11.3 Å². The van der Waals surface area contributed by atoms with Crippen molar-refractivity contribution in [3.63, 3.8) is 0 Å². The number of hydrogen-bond acceptors (Lipinski definition) is 3. The number of anilines is 1. The third kappa shape index (κ3) is 3.89. The number of hydrogen-bond donors (Lipinski definition) is 2. The maximum Gasteiger partial charge on any atom is 0.242 e. The molecule has 2 N–H and O–H groups in total. The topological polar surface area (TPSA) is 44.4 Å². The summed E-state index contributed by atoms with van der Waals surface area (Å²) >= 11 is 6.45. The van der Waals surface area contributed by atoms with E-state index in [4.69, 9.17) is 11.6 Å². The lowest BCUT2D eigenvalue weighted by Gasteiger charge is -2.36. The van der Waals surface area contributed by atoms with Crippen LogP contribution in [0.5, 0.6) is 0 Å². The summed E-state index contributed by atoms with van der Waals surface area (Å²) in [6.45, 7) is 8.53. The van der Waals surface area contributed by atoms with Crippen LogP contribution in [0.1, 0.15) is 32.8 Å². The van der Waals surface area contributed by atoms with Gasteiger partial charge in [-0.15, -0.1) is 0 Å². The van der Waals surface area contributed by atoms with Crippen molar-refractivity contribution in [2.75, 3.05) is 18.0 Å². The number of rotatable bonds is 5. The first kappa shape index (κ1) is 16.1. The van der Waals surface area contributed by atoms with Gasteiger partial charge in [0.15, 0.2) is 0 Å². The van der Waals surface area contributed by atoms with Crippen molar-refractivity contribution < 1.29 is 4.79 Å². The van der Waals surface area contributed by atoms with Gasteiger partial charge in [-0.3, -0.25) is 4.79 Å². The standard InChI is InChI=1S/C16H24ClN3O/c1-4-14-16(21)18-7-8-20(14)15-6-5-12(9-13(15)17)10-19-11(2)3/h5-6,9,11,14,19H,4,7-8,10H2,1-3H3,(H,18,21). The number of carbonyl (C=O) groups excluding carboxylic acids is 1. The van der Waals surface area contributed by atoms with Crippen molar-refractivity contribution in [1.82, 2.24) is 10.6 Å². The van der Waals surface area contributed by atoms with Gasteiger partial charge in [0.1, 0.15) is 6.04 Å². The van der Waals surface area contributed by atoms with Gasteiger partial charge in [-0.25, -0.2) is 0 Å². The first-order chi connectivity index (χ1) is 10.0. The largest absolute Gasteiger partial charge is 0.357 e. The van der Waals surface area contributed by atoms with Crippen LogP contribution in [0.3, 0.4) is 0 Å². The smallest absolute Gasteiger partial charge is 0.242 e. The Bertz CT molecular complexity index is 504. The summed E-state index contributed by atoms with van der Waals surface area (Å²) in [4.78, 5) is 14.1. The van der Waals surface area contributed by atoms with Crippen molar-refractivity contribution in [3.8, 4) is 0 Å². The van der Waals surface area contributed by atoms with E-state index in [-0.39, 0.29) is 11.9 Å². The van der Waals surface area contributed by atoms with Gasteiger partial charge < -0.3 is 15.5 Å². The number of benzene rings is 1. The molecule has 1 amide bonds. The lowest BCUT2D eigenvalue weighted by Crippen LogP contribution is -2.55. The Morgan fingerprint density at radius 3 is 2.86 bits per heavy atom. The number of amides is 1. The molecule has 21 heavy (non-hydrogen) atoms. The van der Waals surface area contributed by atoms with Crippen LogP contribution in [0.25, 0.3) is 0 Å². The molecule has 2 rings (SSSR count). The van der Waals surface area contributed by atoms with E-state index >= 15 is 0 Å². The second-order valence-corrected chi connectivity index (χ2v) is 6.14. The third-order valence-corrected chi connectivity index (χ3v) is 4.06. The molecular weight excluding hydrogens is 286 g/mol. The van der Waals surface area contributed by atoms with E-state index in [2.05, 4.69) is 35.4 Å². The minimum absolute atomic E-state index is 0.0883. The van der Waals surface area contributed by atoms with E-state index in [0.717, 1.165) is 30.8 Å². The van der Waals surface area contributed by atoms with Crippen molar-refractivity contribution >= 4 is 23.2 Å². The number of piperazine rings is 1. The maximum atomic E-state index is 12.0. The Labute approximate surface area is 131 Å². The van der Waals surface area contributed by atoms with E-state index in [1.807, 2.05) is 19.1 Å². The molecule has 1 aliphatic heterocycles. The molecule has 1 aliphatic rings. The molecule has 1 aromatic carbocycles. The maximum absolute atomic E-state index is 12.0. The van der Waals surface area contributed by atoms with Gasteiger partial charge >= 0.3 is 0 Å². The SMILES string of the molecule is CCC1C(=O)NCCN1c1ccc(CNC(C)C)cc1Cl. The molecule has 0 bridgehead atoms. The zero-order valence-corrected chi connectivity index (χ0v) is 13.7. The van der Waals surface area contributed by atoms with Gasteiger partial charge in [0, 0.05) is 25.7 Å². The Morgan fingerprint density at radius 1 is 1.48 bits per heavy atom. The summed E-state index contributed by atoms with van der Waals surface area (Å²) in [7, 11) is 0. The molecule has 0 saturated carbocycles. The van der Waals surface area contributed by atoms with Crippen LogP contribution in [-0.4, -0.2) is 31.1 Å². The Balaban J connectivity index is 2.17. The lowest BCUT2D eigenvalue weighted by molar-refractivity contribution is -0.123. The van der Waals surface area contributed by atoms with Crippen LogP contribution < -0.4 is 15.5 Å². The third-order valence-electron chi connectivity index (χ3n) is 3.75. The minimum Gasteiger partial charge on any atom is -0.357 e. The predicted octanol–water partition coefficient (Wildman–Crippen LogP) is 2.55. The number of nitrogens with zero attached hydrogens (tertiary/aromatic N) is 1. The average molecular weight is 310 g/mol. The summed E-state index contributed by atoms with van der Waals surface area (Å²) in [5.74, 6) is 0.0883. The minimum atomic E-state index is -0.129. The van der Waals surface area contributed by atoms with Crippen LogP contribution in [0.15, 0.2) is 18.2 Å². The molecule has 0 aliphatic carbocycles. The Hall–Kier alpha value is -1.26. The highest BCUT2D eigenvalue weighted by molar-refractivity contribution is 6.33. The quantitative estimate of drug-likeness (QED) is 0.878. The van der Waals surface area contributed by atoms with E-state index in [0.29, 0.717) is 17.6 Å². The van der Waals surface area contributed by atoms with E-state index in [1.165, 1.54) is 0 Å². The van der Waals surface area contributed by atoms with Crippen molar-refractivity contribution in [2.24, 2.45) is 0 Å². The fourth-order valence-electron chi connectivity index (χ4n) is 2.62. The number of nitrogens with one attached hydrogen (secondary N) is 2. The average Bonchev–Trinajstić information content (AvgIpc) is 2.45. The fourth-order valence-corrected chi connectivity index (χ4v) is 2.94. The van der Waals surface area contributed by atoms with Crippen LogP contribution >= 0.6 is 11.6 Å². The first-order valence-corrected chi connectivity index (χ1v) is 7.97. The van der Waals surface area contributed by atoms with E-state index in [9.17, 15) is 4.79 Å². The summed E-state index contributed by atoms with van der Waals surface area (Å²) in [5, 5.41) is 7.01. The van der Waals surface area contributed by atoms with Crippen molar-refractivity contribution in [3.05, 3.63) is 28.8 Å². The molecular formula is C16H24ClN3O. The summed E-state index contributed by atoms with van der Waals surface area (Å²) in [6.07, 6.45) is 0.777. The van der Waals surface area contributed by atoms with Crippen LogP contribution in [0.2, 0.25) is 5.02 Å². The molecule has 0 radical (unpaired) electrons. The zero-order valence-electron chi connectivity index (χ0n) is 12.9. The molecule has 1 saturated heterocycles. The van der Waals surface area contributed by atoms with Gasteiger partial charge in [-0.05, 0) is 24.1 Å². The molecule has 0 spiro atoms. The van der Waals surface area contributed by atoms with Gasteiger partial charge in [0.25, 0.3) is 0 Å². The molecule has 0 aromatic heterocycles. The molecule has 1 atom stereocenters. The molecule has 4 nitrogen and oxygen atoms in total. The van der Waals surface area contributed by atoms with Gasteiger partial charge in [-0.2, -0.15) is 0 Å².